The van der Waals surface area contributed by atoms with Crippen LogP contribution in [0.2, 0.25) is 0 Å². The van der Waals surface area contributed by atoms with Crippen LogP contribution >= 0.6 is 15.9 Å². The Balaban J connectivity index is 2.17. The van der Waals surface area contributed by atoms with Crippen molar-refractivity contribution < 1.29 is 9.18 Å². The van der Waals surface area contributed by atoms with Crippen LogP contribution < -0.4 is 5.32 Å². The third-order valence-corrected chi connectivity index (χ3v) is 3.79. The maximum absolute atomic E-state index is 13.5. The molecule has 0 heterocycles. The summed E-state index contributed by atoms with van der Waals surface area (Å²) in [6, 6.07) is 4.41. The lowest BCUT2D eigenvalue weighted by Gasteiger charge is -2.25. The molecule has 0 aromatic heterocycles. The minimum absolute atomic E-state index is 0.104. The lowest BCUT2D eigenvalue weighted by molar-refractivity contribution is 0.0904. The van der Waals surface area contributed by atoms with Crippen molar-refractivity contribution in [2.45, 2.75) is 38.1 Å². The van der Waals surface area contributed by atoms with Gasteiger partial charge in [0.1, 0.15) is 5.82 Å². The summed E-state index contributed by atoms with van der Waals surface area (Å²) in [4.78, 5) is 12.0. The van der Waals surface area contributed by atoms with E-state index in [0.717, 1.165) is 25.7 Å². The predicted octanol–water partition coefficient (Wildman–Crippen LogP) is 3.65. The zero-order chi connectivity index (χ0) is 12.5. The van der Waals surface area contributed by atoms with Gasteiger partial charge in [0.2, 0.25) is 0 Å². The molecule has 1 saturated carbocycles. The second-order valence-electron chi connectivity index (χ2n) is 4.85. The average Bonchev–Trinajstić information content (AvgIpc) is 2.68. The van der Waals surface area contributed by atoms with Crippen LogP contribution in [0.15, 0.2) is 22.7 Å². The van der Waals surface area contributed by atoms with E-state index in [-0.39, 0.29) is 17.0 Å². The highest BCUT2D eigenvalue weighted by Gasteiger charge is 2.31. The fourth-order valence-electron chi connectivity index (χ4n) is 2.29. The molecule has 0 saturated heterocycles. The number of nitrogens with one attached hydrogen (secondary N) is 1. The van der Waals surface area contributed by atoms with E-state index < -0.39 is 5.82 Å². The van der Waals surface area contributed by atoms with Crippen LogP contribution in [-0.2, 0) is 0 Å². The van der Waals surface area contributed by atoms with Crippen molar-refractivity contribution in [3.05, 3.63) is 34.1 Å². The first kappa shape index (κ1) is 12.6. The summed E-state index contributed by atoms with van der Waals surface area (Å²) in [7, 11) is 0. The molecule has 0 spiro atoms. The number of hydrogen-bond donors (Lipinski definition) is 1. The summed E-state index contributed by atoms with van der Waals surface area (Å²) in [5.41, 5.74) is -0.0706. The van der Waals surface area contributed by atoms with Crippen molar-refractivity contribution in [3.63, 3.8) is 0 Å². The quantitative estimate of drug-likeness (QED) is 0.887. The summed E-state index contributed by atoms with van der Waals surface area (Å²) in [6.07, 6.45) is 4.18. The molecule has 1 aromatic carbocycles. The normalized spacial score (nSPS) is 18.1. The average molecular weight is 300 g/mol. The highest BCUT2D eigenvalue weighted by Crippen LogP contribution is 2.29. The van der Waals surface area contributed by atoms with E-state index in [1.807, 2.05) is 6.92 Å². The van der Waals surface area contributed by atoms with Crippen LogP contribution in [0.25, 0.3) is 0 Å². The summed E-state index contributed by atoms with van der Waals surface area (Å²) in [6.45, 7) is 2.02. The third-order valence-electron chi connectivity index (χ3n) is 3.30. The highest BCUT2D eigenvalue weighted by molar-refractivity contribution is 9.10. The van der Waals surface area contributed by atoms with Crippen molar-refractivity contribution in [1.29, 1.82) is 0 Å². The Morgan fingerprint density at radius 2 is 2.06 bits per heavy atom. The minimum atomic E-state index is -0.479. The van der Waals surface area contributed by atoms with Gasteiger partial charge in [-0.3, -0.25) is 4.79 Å². The van der Waals surface area contributed by atoms with Crippen LogP contribution in [0.3, 0.4) is 0 Å². The van der Waals surface area contributed by atoms with Gasteiger partial charge in [0.05, 0.1) is 5.56 Å². The molecule has 2 nitrogen and oxygen atoms in total. The molecule has 1 fully saturated rings. The number of rotatable bonds is 2. The van der Waals surface area contributed by atoms with Gasteiger partial charge in [-0.25, -0.2) is 4.39 Å². The van der Waals surface area contributed by atoms with Crippen molar-refractivity contribution in [1.82, 2.24) is 5.32 Å². The Bertz CT molecular complexity index is 441. The van der Waals surface area contributed by atoms with E-state index in [1.54, 1.807) is 6.07 Å². The SMILES string of the molecule is CC1(NC(=O)c2cc(Br)ccc2F)CCCC1. The molecule has 0 atom stereocenters. The van der Waals surface area contributed by atoms with Gasteiger partial charge in [-0.1, -0.05) is 28.8 Å². The first-order valence-corrected chi connectivity index (χ1v) is 6.57. The second kappa shape index (κ2) is 4.77. The van der Waals surface area contributed by atoms with Crippen LogP contribution in [0.4, 0.5) is 4.39 Å². The van der Waals surface area contributed by atoms with Crippen molar-refractivity contribution in [2.24, 2.45) is 0 Å². The van der Waals surface area contributed by atoms with Crippen LogP contribution in [0, 0.1) is 5.82 Å². The van der Waals surface area contributed by atoms with Crippen LogP contribution in [0.1, 0.15) is 43.0 Å². The molecule has 0 bridgehead atoms. The zero-order valence-corrected chi connectivity index (χ0v) is 11.3. The number of amides is 1. The largest absolute Gasteiger partial charge is 0.347 e. The molecular formula is C13H15BrFNO. The number of carbonyl (C=O) groups excluding carboxylic acids is 1. The molecule has 1 amide bonds. The lowest BCUT2D eigenvalue weighted by Crippen LogP contribution is -2.43. The van der Waals surface area contributed by atoms with E-state index in [4.69, 9.17) is 0 Å². The molecule has 17 heavy (non-hydrogen) atoms. The van der Waals surface area contributed by atoms with Gasteiger partial charge >= 0.3 is 0 Å². The van der Waals surface area contributed by atoms with E-state index in [2.05, 4.69) is 21.2 Å². The van der Waals surface area contributed by atoms with Gasteiger partial charge in [0.25, 0.3) is 5.91 Å². The number of halogens is 2. The molecule has 1 N–H and O–H groups in total. The molecule has 1 aliphatic carbocycles. The monoisotopic (exact) mass is 299 g/mol. The number of benzene rings is 1. The standard InChI is InChI=1S/C13H15BrFNO/c1-13(6-2-3-7-13)16-12(17)10-8-9(14)4-5-11(10)15/h4-5,8H,2-3,6-7H2,1H3,(H,16,17). The Morgan fingerprint density at radius 3 is 2.71 bits per heavy atom. The molecule has 1 aromatic rings. The van der Waals surface area contributed by atoms with E-state index in [9.17, 15) is 9.18 Å². The molecular weight excluding hydrogens is 285 g/mol. The van der Waals surface area contributed by atoms with Gasteiger partial charge in [-0.2, -0.15) is 0 Å². The maximum atomic E-state index is 13.5. The molecule has 0 radical (unpaired) electrons. The van der Waals surface area contributed by atoms with Gasteiger partial charge in [-0.15, -0.1) is 0 Å². The van der Waals surface area contributed by atoms with Crippen molar-refractivity contribution in [3.8, 4) is 0 Å². The summed E-state index contributed by atoms with van der Waals surface area (Å²) >= 11 is 3.24. The van der Waals surface area contributed by atoms with E-state index in [0.29, 0.717) is 4.47 Å². The Morgan fingerprint density at radius 1 is 1.41 bits per heavy atom. The zero-order valence-electron chi connectivity index (χ0n) is 9.72. The van der Waals surface area contributed by atoms with Gasteiger partial charge in [-0.05, 0) is 38.0 Å². The highest BCUT2D eigenvalue weighted by atomic mass is 79.9. The minimum Gasteiger partial charge on any atom is -0.347 e. The summed E-state index contributed by atoms with van der Waals surface area (Å²) in [5, 5.41) is 2.94. The Labute approximate surface area is 109 Å². The predicted molar refractivity (Wildman–Crippen MR) is 68.4 cm³/mol. The maximum Gasteiger partial charge on any atom is 0.254 e. The fourth-order valence-corrected chi connectivity index (χ4v) is 2.65. The van der Waals surface area contributed by atoms with Crippen molar-refractivity contribution in [2.75, 3.05) is 0 Å². The first-order valence-electron chi connectivity index (χ1n) is 5.78. The second-order valence-corrected chi connectivity index (χ2v) is 5.76. The van der Waals surface area contributed by atoms with Crippen molar-refractivity contribution >= 4 is 21.8 Å². The van der Waals surface area contributed by atoms with Gasteiger partial charge < -0.3 is 5.32 Å². The van der Waals surface area contributed by atoms with Gasteiger partial charge in [0, 0.05) is 10.0 Å². The molecule has 4 heteroatoms. The molecule has 0 unspecified atom stereocenters. The number of hydrogen-bond acceptors (Lipinski definition) is 1. The summed E-state index contributed by atoms with van der Waals surface area (Å²) < 4.78 is 14.2. The summed E-state index contributed by atoms with van der Waals surface area (Å²) in [5.74, 6) is -0.805. The molecule has 92 valence electrons. The Hall–Kier alpha value is -0.900. The first-order chi connectivity index (χ1) is 8.00. The van der Waals surface area contributed by atoms with E-state index in [1.165, 1.54) is 12.1 Å². The smallest absolute Gasteiger partial charge is 0.254 e. The molecule has 0 aliphatic heterocycles. The fraction of sp³-hybridized carbons (Fsp3) is 0.462. The Kier molecular flexibility index (Phi) is 3.52. The molecule has 1 aliphatic rings. The van der Waals surface area contributed by atoms with Crippen LogP contribution in [-0.4, -0.2) is 11.4 Å². The van der Waals surface area contributed by atoms with E-state index >= 15 is 0 Å². The topological polar surface area (TPSA) is 29.1 Å². The third kappa shape index (κ3) is 2.86. The number of carbonyl (C=O) groups is 1. The molecule has 2 rings (SSSR count). The van der Waals surface area contributed by atoms with Crippen LogP contribution in [0.5, 0.6) is 0 Å². The van der Waals surface area contributed by atoms with Gasteiger partial charge in [0.15, 0.2) is 0 Å². The lowest BCUT2D eigenvalue weighted by atomic mass is 10.00.